The second kappa shape index (κ2) is 9.50. The summed E-state index contributed by atoms with van der Waals surface area (Å²) in [5, 5.41) is 8.43. The largest absolute Gasteiger partial charge is 0.322 e. The van der Waals surface area contributed by atoms with E-state index in [0.717, 1.165) is 29.7 Å². The van der Waals surface area contributed by atoms with Crippen molar-refractivity contribution >= 4 is 32.5 Å². The summed E-state index contributed by atoms with van der Waals surface area (Å²) in [5.74, 6) is -0.0697. The Kier molecular flexibility index (Phi) is 6.38. The number of carbonyl (C=O) groups excluding carboxylic acids is 1. The molecule has 0 radical (unpaired) electrons. The van der Waals surface area contributed by atoms with Crippen molar-refractivity contribution in [2.24, 2.45) is 0 Å². The second-order valence-electron chi connectivity index (χ2n) is 9.36. The number of benzene rings is 2. The number of aromatic nitrogens is 3. The molecule has 186 valence electrons. The molecule has 2 aromatic carbocycles. The fraction of sp³-hybridized carbons (Fsp3) is 0.321. The molecule has 1 amide bonds. The van der Waals surface area contributed by atoms with Crippen molar-refractivity contribution < 1.29 is 13.2 Å². The van der Waals surface area contributed by atoms with E-state index in [-0.39, 0.29) is 23.5 Å². The number of rotatable bonds is 6. The maximum absolute atomic E-state index is 13.7. The molecule has 0 saturated carbocycles. The molecule has 1 N–H and O–H groups in total. The van der Waals surface area contributed by atoms with Gasteiger partial charge in [-0.25, -0.2) is 18.1 Å². The van der Waals surface area contributed by atoms with Gasteiger partial charge in [0, 0.05) is 11.3 Å². The summed E-state index contributed by atoms with van der Waals surface area (Å²) in [4.78, 5) is 18.6. The van der Waals surface area contributed by atoms with Crippen LogP contribution in [-0.2, 0) is 22.7 Å². The molecular weight excluding hydrogens is 472 g/mol. The lowest BCUT2D eigenvalue weighted by Gasteiger charge is -2.13. The molecule has 4 aromatic rings. The Bertz CT molecular complexity index is 1560. The van der Waals surface area contributed by atoms with Gasteiger partial charge >= 0.3 is 0 Å². The summed E-state index contributed by atoms with van der Waals surface area (Å²) in [5.41, 5.74) is 6.26. The summed E-state index contributed by atoms with van der Waals surface area (Å²) in [7, 11) is -3.12. The molecular formula is C28H30N4O3S. The molecule has 1 unspecified atom stereocenters. The number of hydrogen-bond donors (Lipinski definition) is 1. The molecule has 7 nitrogen and oxygen atoms in total. The van der Waals surface area contributed by atoms with E-state index in [9.17, 15) is 13.2 Å². The van der Waals surface area contributed by atoms with Crippen molar-refractivity contribution in [3.63, 3.8) is 0 Å². The van der Waals surface area contributed by atoms with Gasteiger partial charge in [-0.05, 0) is 49.4 Å². The van der Waals surface area contributed by atoms with Gasteiger partial charge in [-0.2, -0.15) is 5.10 Å². The van der Waals surface area contributed by atoms with Crippen molar-refractivity contribution in [1.82, 2.24) is 14.8 Å². The number of fused-ring (bicyclic) bond motifs is 1. The lowest BCUT2D eigenvalue weighted by atomic mass is 10.0. The van der Waals surface area contributed by atoms with Crippen LogP contribution in [0.25, 0.3) is 22.3 Å². The van der Waals surface area contributed by atoms with Crippen LogP contribution in [0.15, 0.2) is 54.6 Å². The van der Waals surface area contributed by atoms with Crippen LogP contribution in [0.2, 0.25) is 0 Å². The van der Waals surface area contributed by atoms with Crippen molar-refractivity contribution in [3.8, 4) is 11.3 Å². The Morgan fingerprint density at radius 1 is 1.08 bits per heavy atom. The predicted molar refractivity (Wildman–Crippen MR) is 143 cm³/mol. The van der Waals surface area contributed by atoms with E-state index in [0.29, 0.717) is 34.4 Å². The maximum Gasteiger partial charge on any atom is 0.256 e. The van der Waals surface area contributed by atoms with Crippen LogP contribution in [0.5, 0.6) is 0 Å². The molecule has 1 aliphatic heterocycles. The fourth-order valence-corrected chi connectivity index (χ4v) is 6.61. The monoisotopic (exact) mass is 502 g/mol. The lowest BCUT2D eigenvalue weighted by molar-refractivity contribution is 0.102. The first-order valence-corrected chi connectivity index (χ1v) is 14.2. The summed E-state index contributed by atoms with van der Waals surface area (Å²) < 4.78 is 26.2. The third-order valence-corrected chi connectivity index (χ3v) is 8.69. The number of para-hydroxylation sites is 1. The summed E-state index contributed by atoms with van der Waals surface area (Å²) >= 11 is 0. The standard InChI is InChI=1S/C28H30N4O3S/c1-4-19-10-12-21(13-11-19)25-16-23(28(33)30-24-9-7-6-8-20(24)5-2)26-18(3)31-32(27(26)29-25)22-14-15-36(34,35)17-22/h6-13,16,22H,4-5,14-15,17H2,1-3H3,(H,30,33). The van der Waals surface area contributed by atoms with Gasteiger partial charge in [-0.1, -0.05) is 56.3 Å². The van der Waals surface area contributed by atoms with Crippen molar-refractivity contribution in [1.29, 1.82) is 0 Å². The first-order chi connectivity index (χ1) is 17.3. The summed E-state index contributed by atoms with van der Waals surface area (Å²) in [6.07, 6.45) is 2.21. The first kappa shape index (κ1) is 24.2. The number of nitrogens with one attached hydrogen (secondary N) is 1. The van der Waals surface area contributed by atoms with Crippen LogP contribution in [0.4, 0.5) is 5.69 Å². The van der Waals surface area contributed by atoms with E-state index in [4.69, 9.17) is 10.1 Å². The maximum atomic E-state index is 13.7. The average molecular weight is 503 g/mol. The number of carbonyl (C=O) groups is 1. The zero-order valence-corrected chi connectivity index (χ0v) is 21.6. The first-order valence-electron chi connectivity index (χ1n) is 12.4. The van der Waals surface area contributed by atoms with Gasteiger partial charge in [0.2, 0.25) is 0 Å². The highest BCUT2D eigenvalue weighted by Gasteiger charge is 2.32. The van der Waals surface area contributed by atoms with E-state index < -0.39 is 9.84 Å². The van der Waals surface area contributed by atoms with Crippen LogP contribution in [-0.4, -0.2) is 40.6 Å². The molecule has 1 aliphatic rings. The van der Waals surface area contributed by atoms with Crippen LogP contribution in [0.1, 0.15) is 53.5 Å². The number of sulfone groups is 1. The number of amides is 1. The number of nitrogens with zero attached hydrogens (tertiary/aromatic N) is 3. The molecule has 3 heterocycles. The number of pyridine rings is 1. The third-order valence-electron chi connectivity index (χ3n) is 6.94. The quantitative estimate of drug-likeness (QED) is 0.394. The van der Waals surface area contributed by atoms with Crippen LogP contribution >= 0.6 is 0 Å². The van der Waals surface area contributed by atoms with Gasteiger partial charge in [-0.15, -0.1) is 0 Å². The Morgan fingerprint density at radius 3 is 2.50 bits per heavy atom. The molecule has 1 saturated heterocycles. The van der Waals surface area contributed by atoms with Gasteiger partial charge in [0.1, 0.15) is 0 Å². The minimum absolute atomic E-state index is 0.0335. The van der Waals surface area contributed by atoms with Crippen LogP contribution < -0.4 is 5.32 Å². The van der Waals surface area contributed by atoms with Crippen LogP contribution in [0, 0.1) is 6.92 Å². The SMILES string of the molecule is CCc1ccc(-c2cc(C(=O)Nc3ccccc3CC)c3c(C)nn(C4CCS(=O)(=O)C4)c3n2)cc1. The van der Waals surface area contributed by atoms with E-state index in [1.165, 1.54) is 5.56 Å². The molecule has 8 heteroatoms. The molecule has 0 aliphatic carbocycles. The molecule has 0 spiro atoms. The smallest absolute Gasteiger partial charge is 0.256 e. The van der Waals surface area contributed by atoms with Gasteiger partial charge in [0.25, 0.3) is 5.91 Å². The Hall–Kier alpha value is -3.52. The molecule has 1 fully saturated rings. The molecule has 5 rings (SSSR count). The van der Waals surface area contributed by atoms with E-state index in [2.05, 4.69) is 31.3 Å². The minimum atomic E-state index is -3.12. The average Bonchev–Trinajstić information content (AvgIpc) is 3.42. The fourth-order valence-electron chi connectivity index (χ4n) is 4.91. The Morgan fingerprint density at radius 2 is 1.83 bits per heavy atom. The Labute approximate surface area is 211 Å². The zero-order valence-electron chi connectivity index (χ0n) is 20.8. The number of hydrogen-bond acceptors (Lipinski definition) is 5. The van der Waals surface area contributed by atoms with E-state index >= 15 is 0 Å². The highest BCUT2D eigenvalue weighted by atomic mass is 32.2. The predicted octanol–water partition coefficient (Wildman–Crippen LogP) is 5.14. The van der Waals surface area contributed by atoms with Crippen molar-refractivity contribution in [2.75, 3.05) is 16.8 Å². The topological polar surface area (TPSA) is 94.0 Å². The van der Waals surface area contributed by atoms with Gasteiger partial charge in [0.15, 0.2) is 15.5 Å². The summed E-state index contributed by atoms with van der Waals surface area (Å²) in [6, 6.07) is 17.4. The van der Waals surface area contributed by atoms with Crippen molar-refractivity contribution in [3.05, 3.63) is 77.0 Å². The van der Waals surface area contributed by atoms with E-state index in [1.807, 2.05) is 49.4 Å². The molecule has 0 bridgehead atoms. The lowest BCUT2D eigenvalue weighted by Crippen LogP contribution is -2.15. The van der Waals surface area contributed by atoms with Gasteiger partial charge in [-0.3, -0.25) is 4.79 Å². The third kappa shape index (κ3) is 4.53. The highest BCUT2D eigenvalue weighted by molar-refractivity contribution is 7.91. The molecule has 36 heavy (non-hydrogen) atoms. The van der Waals surface area contributed by atoms with Gasteiger partial charge < -0.3 is 5.32 Å². The molecule has 1 atom stereocenters. The Balaban J connectivity index is 1.67. The zero-order chi connectivity index (χ0) is 25.4. The van der Waals surface area contributed by atoms with Crippen LogP contribution in [0.3, 0.4) is 0 Å². The van der Waals surface area contributed by atoms with Crippen molar-refractivity contribution in [2.45, 2.75) is 46.1 Å². The minimum Gasteiger partial charge on any atom is -0.322 e. The number of aryl methyl sites for hydroxylation is 3. The summed E-state index contributed by atoms with van der Waals surface area (Å²) in [6.45, 7) is 6.00. The second-order valence-corrected chi connectivity index (χ2v) is 11.6. The number of anilines is 1. The molecule has 2 aromatic heterocycles. The normalized spacial score (nSPS) is 16.9. The highest BCUT2D eigenvalue weighted by Crippen LogP contribution is 2.32. The van der Waals surface area contributed by atoms with Gasteiger partial charge in [0.05, 0.1) is 39.9 Å². The van der Waals surface area contributed by atoms with E-state index in [1.54, 1.807) is 4.68 Å².